The summed E-state index contributed by atoms with van der Waals surface area (Å²) in [5.74, 6) is -1.45. The number of carbonyl (C=O) groups is 3. The van der Waals surface area contributed by atoms with E-state index in [1.165, 1.54) is 35.6 Å². The number of nitrogens with one attached hydrogen (secondary N) is 2. The number of halogens is 1. The Hall–Kier alpha value is -2.74. The van der Waals surface area contributed by atoms with Gasteiger partial charge in [-0.05, 0) is 36.1 Å². The van der Waals surface area contributed by atoms with E-state index in [2.05, 4.69) is 10.6 Å². The summed E-state index contributed by atoms with van der Waals surface area (Å²) in [6, 6.07) is 6.62. The molecule has 1 heterocycles. The van der Waals surface area contributed by atoms with Crippen LogP contribution in [0.25, 0.3) is 0 Å². The van der Waals surface area contributed by atoms with E-state index in [9.17, 15) is 18.8 Å². The average molecular weight is 392 g/mol. The Kier molecular flexibility index (Phi) is 7.94. The van der Waals surface area contributed by atoms with Gasteiger partial charge in [0, 0.05) is 23.9 Å². The van der Waals surface area contributed by atoms with Crippen molar-refractivity contribution < 1.29 is 23.5 Å². The van der Waals surface area contributed by atoms with Crippen LogP contribution in [0.15, 0.2) is 41.1 Å². The highest BCUT2D eigenvalue weighted by Gasteiger charge is 2.19. The van der Waals surface area contributed by atoms with Crippen molar-refractivity contribution in [3.63, 3.8) is 0 Å². The molecular formula is C19H21FN2O4S. The number of amides is 2. The lowest BCUT2D eigenvalue weighted by molar-refractivity contribution is -0.143. The van der Waals surface area contributed by atoms with Crippen molar-refractivity contribution in [3.05, 3.63) is 58.0 Å². The molecule has 2 aromatic rings. The lowest BCUT2D eigenvalue weighted by atomic mass is 10.0. The van der Waals surface area contributed by atoms with Gasteiger partial charge in [0.2, 0.25) is 5.91 Å². The largest absolute Gasteiger partial charge is 0.466 e. The molecule has 0 aliphatic rings. The van der Waals surface area contributed by atoms with Crippen LogP contribution in [0.2, 0.25) is 0 Å². The number of rotatable bonds is 9. The van der Waals surface area contributed by atoms with Crippen molar-refractivity contribution >= 4 is 29.1 Å². The molecule has 2 rings (SSSR count). The maximum atomic E-state index is 13.1. The third-order valence-electron chi connectivity index (χ3n) is 3.70. The zero-order valence-electron chi connectivity index (χ0n) is 14.9. The predicted octanol–water partition coefficient (Wildman–Crippen LogP) is 2.82. The smallest absolute Gasteiger partial charge is 0.308 e. The van der Waals surface area contributed by atoms with Crippen molar-refractivity contribution in [2.75, 3.05) is 13.2 Å². The van der Waals surface area contributed by atoms with Crippen molar-refractivity contribution in [2.24, 2.45) is 0 Å². The number of thiophene rings is 1. The van der Waals surface area contributed by atoms with Crippen LogP contribution in [0, 0.1) is 5.82 Å². The normalized spacial score (nSPS) is 11.5. The Morgan fingerprint density at radius 3 is 2.56 bits per heavy atom. The van der Waals surface area contributed by atoms with Gasteiger partial charge in [-0.2, -0.15) is 11.3 Å². The summed E-state index contributed by atoms with van der Waals surface area (Å²) in [5.41, 5.74) is 1.15. The summed E-state index contributed by atoms with van der Waals surface area (Å²) < 4.78 is 18.1. The van der Waals surface area contributed by atoms with E-state index in [0.29, 0.717) is 11.1 Å². The van der Waals surface area contributed by atoms with E-state index in [4.69, 9.17) is 4.74 Å². The minimum atomic E-state index is -0.635. The highest BCUT2D eigenvalue weighted by Crippen LogP contribution is 2.18. The molecule has 1 aromatic carbocycles. The molecule has 0 aliphatic heterocycles. The molecule has 0 bridgehead atoms. The van der Waals surface area contributed by atoms with Gasteiger partial charge in [0.05, 0.1) is 19.1 Å². The first kappa shape index (κ1) is 20.6. The summed E-state index contributed by atoms with van der Waals surface area (Å²) >= 11 is 1.41. The van der Waals surface area contributed by atoms with Gasteiger partial charge in [0.15, 0.2) is 0 Å². The van der Waals surface area contributed by atoms with E-state index >= 15 is 0 Å². The summed E-state index contributed by atoms with van der Waals surface area (Å²) in [6.45, 7) is 2.09. The van der Waals surface area contributed by atoms with Gasteiger partial charge in [-0.1, -0.05) is 12.1 Å². The monoisotopic (exact) mass is 392 g/mol. The highest BCUT2D eigenvalue weighted by atomic mass is 32.1. The van der Waals surface area contributed by atoms with Crippen LogP contribution in [-0.2, 0) is 14.3 Å². The molecule has 1 aromatic heterocycles. The van der Waals surface area contributed by atoms with Gasteiger partial charge in [-0.25, -0.2) is 4.39 Å². The molecule has 1 unspecified atom stereocenters. The number of ether oxygens (including phenoxy) is 1. The predicted molar refractivity (Wildman–Crippen MR) is 99.8 cm³/mol. The maximum absolute atomic E-state index is 13.1. The van der Waals surface area contributed by atoms with Crippen LogP contribution in [-0.4, -0.2) is 30.9 Å². The SMILES string of the molecule is CCOC(=O)CC(NC(=O)CCNC(=O)c1ccsc1)c1ccc(F)cc1. The van der Waals surface area contributed by atoms with Crippen LogP contribution in [0.4, 0.5) is 4.39 Å². The van der Waals surface area contributed by atoms with Crippen LogP contribution in [0.1, 0.15) is 41.7 Å². The topological polar surface area (TPSA) is 84.5 Å². The fourth-order valence-electron chi connectivity index (χ4n) is 2.39. The van der Waals surface area contributed by atoms with E-state index < -0.39 is 17.8 Å². The fourth-order valence-corrected chi connectivity index (χ4v) is 3.02. The Labute approximate surface area is 160 Å². The fraction of sp³-hybridized carbons (Fsp3) is 0.316. The highest BCUT2D eigenvalue weighted by molar-refractivity contribution is 7.08. The molecule has 2 N–H and O–H groups in total. The number of hydrogen-bond donors (Lipinski definition) is 2. The molecular weight excluding hydrogens is 371 g/mol. The van der Waals surface area contributed by atoms with Crippen LogP contribution in [0.3, 0.4) is 0 Å². The van der Waals surface area contributed by atoms with Crippen LogP contribution < -0.4 is 10.6 Å². The van der Waals surface area contributed by atoms with Gasteiger partial charge < -0.3 is 15.4 Å². The third-order valence-corrected chi connectivity index (χ3v) is 4.39. The Balaban J connectivity index is 1.90. The molecule has 0 aliphatic carbocycles. The summed E-state index contributed by atoms with van der Waals surface area (Å²) in [5, 5.41) is 8.92. The second-order valence-corrected chi connectivity index (χ2v) is 6.48. The molecule has 0 radical (unpaired) electrons. The first-order chi connectivity index (χ1) is 13.0. The number of hydrogen-bond acceptors (Lipinski definition) is 5. The minimum Gasteiger partial charge on any atom is -0.466 e. The molecule has 0 saturated carbocycles. The van der Waals surface area contributed by atoms with Gasteiger partial charge in [0.1, 0.15) is 5.82 Å². The molecule has 0 spiro atoms. The lowest BCUT2D eigenvalue weighted by Gasteiger charge is -2.18. The number of benzene rings is 1. The molecule has 2 amide bonds. The molecule has 0 saturated heterocycles. The second-order valence-electron chi connectivity index (χ2n) is 5.70. The first-order valence-corrected chi connectivity index (χ1v) is 9.44. The Morgan fingerprint density at radius 1 is 1.19 bits per heavy atom. The quantitative estimate of drug-likeness (QED) is 0.643. The third kappa shape index (κ3) is 6.82. The van der Waals surface area contributed by atoms with Crippen LogP contribution in [0.5, 0.6) is 0 Å². The minimum absolute atomic E-state index is 0.0520. The lowest BCUT2D eigenvalue weighted by Crippen LogP contribution is -2.34. The molecule has 6 nitrogen and oxygen atoms in total. The van der Waals surface area contributed by atoms with Crippen molar-refractivity contribution in [1.82, 2.24) is 10.6 Å². The van der Waals surface area contributed by atoms with Crippen molar-refractivity contribution in [1.29, 1.82) is 0 Å². The molecule has 8 heteroatoms. The maximum Gasteiger partial charge on any atom is 0.308 e. The second kappa shape index (κ2) is 10.4. The van der Waals surface area contributed by atoms with Crippen LogP contribution >= 0.6 is 11.3 Å². The number of esters is 1. The summed E-state index contributed by atoms with van der Waals surface area (Å²) in [7, 11) is 0. The van der Waals surface area contributed by atoms with Gasteiger partial charge in [-0.15, -0.1) is 0 Å². The van der Waals surface area contributed by atoms with Crippen molar-refractivity contribution in [2.45, 2.75) is 25.8 Å². The van der Waals surface area contributed by atoms with Gasteiger partial charge >= 0.3 is 5.97 Å². The van der Waals surface area contributed by atoms with E-state index in [1.807, 2.05) is 0 Å². The Bertz CT molecular complexity index is 763. The van der Waals surface area contributed by atoms with E-state index in [1.54, 1.807) is 23.8 Å². The zero-order chi connectivity index (χ0) is 19.6. The van der Waals surface area contributed by atoms with Gasteiger partial charge in [0.25, 0.3) is 5.91 Å². The van der Waals surface area contributed by atoms with Crippen molar-refractivity contribution in [3.8, 4) is 0 Å². The van der Waals surface area contributed by atoms with Gasteiger partial charge in [-0.3, -0.25) is 14.4 Å². The van der Waals surface area contributed by atoms with E-state index in [0.717, 1.165) is 0 Å². The summed E-state index contributed by atoms with van der Waals surface area (Å²) in [4.78, 5) is 35.9. The van der Waals surface area contributed by atoms with E-state index in [-0.39, 0.29) is 37.8 Å². The molecule has 0 fully saturated rings. The average Bonchev–Trinajstić information content (AvgIpc) is 3.17. The summed E-state index contributed by atoms with van der Waals surface area (Å²) in [6.07, 6.45) is -0.0110. The Morgan fingerprint density at radius 2 is 1.93 bits per heavy atom. The molecule has 144 valence electrons. The molecule has 27 heavy (non-hydrogen) atoms. The standard InChI is InChI=1S/C19H21FN2O4S/c1-2-26-18(24)11-16(13-3-5-15(20)6-4-13)22-17(23)7-9-21-19(25)14-8-10-27-12-14/h3-6,8,10,12,16H,2,7,9,11H2,1H3,(H,21,25)(H,22,23). The zero-order valence-corrected chi connectivity index (χ0v) is 15.7. The first-order valence-electron chi connectivity index (χ1n) is 8.50. The molecule has 1 atom stereocenters. The number of carbonyl (C=O) groups excluding carboxylic acids is 3.